The van der Waals surface area contributed by atoms with Crippen molar-refractivity contribution in [1.82, 2.24) is 4.90 Å². The Labute approximate surface area is 163 Å². The summed E-state index contributed by atoms with van der Waals surface area (Å²) in [5.41, 5.74) is 4.77. The minimum atomic E-state index is -0.317. The van der Waals surface area contributed by atoms with E-state index in [9.17, 15) is 0 Å². The third-order valence-corrected chi connectivity index (χ3v) is 5.41. The van der Waals surface area contributed by atoms with Gasteiger partial charge in [-0.1, -0.05) is 48.0 Å². The molecule has 2 unspecified atom stereocenters. The van der Waals surface area contributed by atoms with Crippen LogP contribution in [0.4, 0.5) is 0 Å². The Bertz CT molecular complexity index is 783. The molecule has 2 aromatic carbocycles. The maximum atomic E-state index is 6.47. The van der Waals surface area contributed by atoms with Gasteiger partial charge in [-0.3, -0.25) is 0 Å². The molecule has 0 spiro atoms. The summed E-state index contributed by atoms with van der Waals surface area (Å²) in [4.78, 5) is 2.11. The van der Waals surface area contributed by atoms with Crippen LogP contribution in [0.25, 0.3) is 0 Å². The Hall–Kier alpha value is -2.26. The van der Waals surface area contributed by atoms with E-state index >= 15 is 0 Å². The first-order valence-electron chi connectivity index (χ1n) is 9.66. The number of ether oxygens (including phenoxy) is 2. The summed E-state index contributed by atoms with van der Waals surface area (Å²) >= 11 is 0. The lowest BCUT2D eigenvalue weighted by Crippen LogP contribution is -2.37. The number of hydrogen-bond donors (Lipinski definition) is 0. The van der Waals surface area contributed by atoms with Gasteiger partial charge in [-0.2, -0.15) is 0 Å². The highest BCUT2D eigenvalue weighted by molar-refractivity contribution is 5.36. The number of aryl methyl sites for hydroxylation is 3. The molecule has 3 nitrogen and oxygen atoms in total. The largest absolute Gasteiger partial charge is 0.493 e. The van der Waals surface area contributed by atoms with E-state index < -0.39 is 0 Å². The van der Waals surface area contributed by atoms with Crippen LogP contribution in [0.3, 0.4) is 0 Å². The monoisotopic (exact) mass is 365 g/mol. The molecular weight excluding hydrogens is 334 g/mol. The maximum Gasteiger partial charge on any atom is 0.119 e. The smallest absolute Gasteiger partial charge is 0.119 e. The highest BCUT2D eigenvalue weighted by atomic mass is 16.5. The van der Waals surface area contributed by atoms with Gasteiger partial charge in [0.2, 0.25) is 0 Å². The molecule has 1 saturated heterocycles. The third-order valence-electron chi connectivity index (χ3n) is 5.41. The van der Waals surface area contributed by atoms with E-state index in [2.05, 4.69) is 69.6 Å². The number of hydrogen-bond acceptors (Lipinski definition) is 3. The fourth-order valence-corrected chi connectivity index (χ4v) is 3.99. The predicted molar refractivity (Wildman–Crippen MR) is 111 cm³/mol. The van der Waals surface area contributed by atoms with Crippen molar-refractivity contribution < 1.29 is 9.47 Å². The highest BCUT2D eigenvalue weighted by Gasteiger charge is 2.43. The Balaban J connectivity index is 1.76. The topological polar surface area (TPSA) is 21.7 Å². The zero-order valence-corrected chi connectivity index (χ0v) is 17.0. The first-order chi connectivity index (χ1) is 12.9. The van der Waals surface area contributed by atoms with Gasteiger partial charge in [0, 0.05) is 13.0 Å². The van der Waals surface area contributed by atoms with Gasteiger partial charge in [-0.05, 0) is 56.7 Å². The molecular formula is C24H31NO2. The van der Waals surface area contributed by atoms with E-state index in [-0.39, 0.29) is 5.60 Å². The van der Waals surface area contributed by atoms with Crippen LogP contribution in [0, 0.1) is 26.7 Å². The van der Waals surface area contributed by atoms with Gasteiger partial charge in [0.05, 0.1) is 19.8 Å². The SMILES string of the molecule is C=CN(C)CC1(c2ccc(C)cc2C)CC(COc2ccc(C)cc2)CO1. The van der Waals surface area contributed by atoms with E-state index in [0.717, 1.165) is 18.7 Å². The number of benzene rings is 2. The summed E-state index contributed by atoms with van der Waals surface area (Å²) < 4.78 is 12.5. The van der Waals surface area contributed by atoms with Gasteiger partial charge >= 0.3 is 0 Å². The van der Waals surface area contributed by atoms with Crippen molar-refractivity contribution in [1.29, 1.82) is 0 Å². The molecule has 0 saturated carbocycles. The van der Waals surface area contributed by atoms with Crippen molar-refractivity contribution >= 4 is 0 Å². The van der Waals surface area contributed by atoms with E-state index in [0.29, 0.717) is 19.1 Å². The number of nitrogens with zero attached hydrogens (tertiary/aromatic N) is 1. The molecule has 2 atom stereocenters. The zero-order chi connectivity index (χ0) is 19.4. The van der Waals surface area contributed by atoms with E-state index in [4.69, 9.17) is 9.47 Å². The molecule has 1 fully saturated rings. The van der Waals surface area contributed by atoms with Gasteiger partial charge in [0.15, 0.2) is 0 Å². The summed E-state index contributed by atoms with van der Waals surface area (Å²) in [7, 11) is 2.05. The lowest BCUT2D eigenvalue weighted by molar-refractivity contribution is -0.0167. The zero-order valence-electron chi connectivity index (χ0n) is 17.0. The molecule has 0 amide bonds. The summed E-state index contributed by atoms with van der Waals surface area (Å²) in [5, 5.41) is 0. The third kappa shape index (κ3) is 4.54. The number of likely N-dealkylation sites (N-methyl/N-ethyl adjacent to an activating group) is 1. The van der Waals surface area contributed by atoms with Crippen LogP contribution in [-0.4, -0.2) is 31.7 Å². The lowest BCUT2D eigenvalue weighted by Gasteiger charge is -2.34. The van der Waals surface area contributed by atoms with Crippen molar-refractivity contribution in [3.05, 3.63) is 77.5 Å². The Morgan fingerprint density at radius 1 is 1.15 bits per heavy atom. The van der Waals surface area contributed by atoms with Crippen molar-refractivity contribution in [2.24, 2.45) is 5.92 Å². The molecule has 3 heteroatoms. The second kappa shape index (κ2) is 8.18. The molecule has 3 rings (SSSR count). The predicted octanol–water partition coefficient (Wildman–Crippen LogP) is 5.00. The Kier molecular flexibility index (Phi) is 5.91. The van der Waals surface area contributed by atoms with Crippen molar-refractivity contribution in [3.8, 4) is 5.75 Å². The second-order valence-corrected chi connectivity index (χ2v) is 7.92. The standard InChI is InChI=1S/C24H31NO2/c1-6-25(5)17-24(23-12-9-19(3)13-20(23)4)14-21(16-27-24)15-26-22-10-7-18(2)8-11-22/h6-13,21H,1,14-17H2,2-5H3. The molecule has 0 bridgehead atoms. The minimum Gasteiger partial charge on any atom is -0.493 e. The van der Waals surface area contributed by atoms with Crippen molar-refractivity contribution in [3.63, 3.8) is 0 Å². The normalized spacial score (nSPS) is 21.9. The molecule has 0 radical (unpaired) electrons. The van der Waals surface area contributed by atoms with E-state index in [1.165, 1.54) is 22.3 Å². The minimum absolute atomic E-state index is 0.317. The van der Waals surface area contributed by atoms with Crippen molar-refractivity contribution in [2.75, 3.05) is 26.8 Å². The molecule has 144 valence electrons. The van der Waals surface area contributed by atoms with Crippen LogP contribution in [-0.2, 0) is 10.3 Å². The molecule has 0 aliphatic carbocycles. The summed E-state index contributed by atoms with van der Waals surface area (Å²) in [6, 6.07) is 14.9. The fraction of sp³-hybridized carbons (Fsp3) is 0.417. The Morgan fingerprint density at radius 3 is 2.52 bits per heavy atom. The first-order valence-corrected chi connectivity index (χ1v) is 9.66. The van der Waals surface area contributed by atoms with Crippen LogP contribution >= 0.6 is 0 Å². The van der Waals surface area contributed by atoms with E-state index in [1.54, 1.807) is 0 Å². The maximum absolute atomic E-state index is 6.47. The molecule has 1 heterocycles. The van der Waals surface area contributed by atoms with Gasteiger partial charge < -0.3 is 14.4 Å². The van der Waals surface area contributed by atoms with Crippen LogP contribution in [0.1, 0.15) is 28.7 Å². The molecule has 1 aliphatic rings. The van der Waals surface area contributed by atoms with Crippen LogP contribution in [0.2, 0.25) is 0 Å². The molecule has 2 aromatic rings. The van der Waals surface area contributed by atoms with Crippen LogP contribution in [0.15, 0.2) is 55.2 Å². The molecule has 1 aliphatic heterocycles. The molecule has 0 N–H and O–H groups in total. The number of rotatable bonds is 7. The van der Waals surface area contributed by atoms with Gasteiger partial charge in [0.1, 0.15) is 11.4 Å². The van der Waals surface area contributed by atoms with Crippen LogP contribution in [0.5, 0.6) is 5.75 Å². The first kappa shape index (κ1) is 19.5. The molecule has 0 aromatic heterocycles. The Morgan fingerprint density at radius 2 is 1.85 bits per heavy atom. The highest BCUT2D eigenvalue weighted by Crippen LogP contribution is 2.41. The van der Waals surface area contributed by atoms with Crippen molar-refractivity contribution in [2.45, 2.75) is 32.8 Å². The summed E-state index contributed by atoms with van der Waals surface area (Å²) in [6.07, 6.45) is 2.81. The second-order valence-electron chi connectivity index (χ2n) is 7.92. The molecule has 27 heavy (non-hydrogen) atoms. The van der Waals surface area contributed by atoms with Gasteiger partial charge in [-0.15, -0.1) is 0 Å². The lowest BCUT2D eigenvalue weighted by atomic mass is 9.84. The van der Waals surface area contributed by atoms with E-state index in [1.807, 2.05) is 18.3 Å². The average Bonchev–Trinajstić information content (AvgIpc) is 3.04. The van der Waals surface area contributed by atoms with Gasteiger partial charge in [0.25, 0.3) is 0 Å². The average molecular weight is 366 g/mol. The fourth-order valence-electron chi connectivity index (χ4n) is 3.99. The van der Waals surface area contributed by atoms with Crippen LogP contribution < -0.4 is 4.74 Å². The summed E-state index contributed by atoms with van der Waals surface area (Å²) in [6.45, 7) is 12.5. The quantitative estimate of drug-likeness (QED) is 0.689. The summed E-state index contributed by atoms with van der Waals surface area (Å²) in [5.74, 6) is 1.29. The van der Waals surface area contributed by atoms with Gasteiger partial charge in [-0.25, -0.2) is 0 Å².